The van der Waals surface area contributed by atoms with Crippen LogP contribution in [-0.2, 0) is 83.0 Å². The van der Waals surface area contributed by atoms with Crippen LogP contribution < -0.4 is 37.2 Å². The van der Waals surface area contributed by atoms with Gasteiger partial charge in [-0.3, -0.25) is 48.1 Å². The molecule has 0 spiro atoms. The molecule has 1 fully saturated rings. The normalized spacial score (nSPS) is 14.7. The molecule has 1 saturated heterocycles. The fourth-order valence-electron chi connectivity index (χ4n) is 10.1. The lowest BCUT2D eigenvalue weighted by Gasteiger charge is -2.34. The van der Waals surface area contributed by atoms with Crippen LogP contribution in [0.25, 0.3) is 0 Å². The van der Waals surface area contributed by atoms with Crippen LogP contribution in [0.1, 0.15) is 109 Å². The number of Topliss-reactive ketones (excluding diaryl/α,β-unsaturated/α-hetero) is 3. The van der Waals surface area contributed by atoms with Gasteiger partial charge in [0.2, 0.25) is 35.8 Å². The van der Waals surface area contributed by atoms with E-state index in [4.69, 9.17) is 14.2 Å². The Labute approximate surface area is 527 Å². The van der Waals surface area contributed by atoms with Crippen LogP contribution in [0.3, 0.4) is 0 Å². The molecule has 1 aliphatic rings. The van der Waals surface area contributed by atoms with Crippen molar-refractivity contribution >= 4 is 65.4 Å². The third kappa shape index (κ3) is 25.5. The van der Waals surface area contributed by atoms with E-state index in [9.17, 15) is 38.4 Å². The summed E-state index contributed by atoms with van der Waals surface area (Å²) in [5, 5.41) is 18.5. The molecule has 1 radical (unpaired) electrons. The zero-order valence-electron chi connectivity index (χ0n) is 52.6. The molecule has 0 bridgehead atoms. The lowest BCUT2D eigenvalue weighted by atomic mass is 9.78. The standard InChI is InChI=1S/C68H89N8O14/c1-7-8-13-30-52(39-48-22-14-9-15-23-48)61(82)69-33-31-58(79)68(75-64(85)56(42-51-28-20-12-21-29-51)74-66(87)90-67(4,5)6,43-57(78)53(46-77)44-71-63(84)55(73-65(86)89-47(2)3)41-50-26-18-11-19-27-50)59(80)32-34-70-62(83)54(40-49-24-16-10-17-25-49)72-60(81)45-76-35-37-88-38-36-76/h9-12,14-29,47,52-56H,7-8,13,30-45H2,1-6H3,(H,69,82)(H,70,83)(H,71,84)(H,72,81)(H,73,86)(H,74,87)(H,75,85)/t52?,53?,54-,55-,56-,68?/m0/s1. The number of unbranched alkanes of at least 4 members (excludes halogenated alkanes) is 2. The minimum atomic E-state index is -2.91. The van der Waals surface area contributed by atoms with Gasteiger partial charge >= 0.3 is 12.2 Å². The van der Waals surface area contributed by atoms with Gasteiger partial charge in [0.25, 0.3) is 0 Å². The SMILES string of the molecule is CCCCCC(Cc1ccccc1)C(=O)NCCC(=O)C(CC(=O)C([C]=O)CNC(=O)[C@H](Cc1ccccc1)NC(=O)OC(C)C)(NC(=O)[C@H](Cc1ccccc1)NC(=O)OC(C)(C)C)C(=O)CCNC(=O)[C@H](Cc1ccccc1)NC(=O)CN1CCOCC1. The summed E-state index contributed by atoms with van der Waals surface area (Å²) in [5.74, 6) is -9.34. The Morgan fingerprint density at radius 2 is 1.03 bits per heavy atom. The average Bonchev–Trinajstić information content (AvgIpc) is 1.34. The Balaban J connectivity index is 1.55. The lowest BCUT2D eigenvalue weighted by molar-refractivity contribution is -0.145. The molecule has 7 amide bonds. The number of amides is 7. The Morgan fingerprint density at radius 3 is 1.51 bits per heavy atom. The van der Waals surface area contributed by atoms with E-state index in [1.165, 1.54) is 0 Å². The highest BCUT2D eigenvalue weighted by Crippen LogP contribution is 2.24. The third-order valence-corrected chi connectivity index (χ3v) is 14.8. The van der Waals surface area contributed by atoms with E-state index in [1.807, 2.05) is 42.2 Å². The molecule has 485 valence electrons. The van der Waals surface area contributed by atoms with Crippen LogP contribution in [0.15, 0.2) is 121 Å². The summed E-state index contributed by atoms with van der Waals surface area (Å²) in [6.07, 6.45) is -0.392. The van der Waals surface area contributed by atoms with Gasteiger partial charge in [-0.2, -0.15) is 0 Å². The number of benzene rings is 4. The molecule has 0 saturated carbocycles. The number of ether oxygens (including phenoxy) is 3. The maximum atomic E-state index is 15.5. The predicted octanol–water partition coefficient (Wildman–Crippen LogP) is 5.17. The molecule has 90 heavy (non-hydrogen) atoms. The van der Waals surface area contributed by atoms with Gasteiger partial charge in [0.05, 0.1) is 25.9 Å². The van der Waals surface area contributed by atoms with E-state index in [-0.39, 0.29) is 25.8 Å². The van der Waals surface area contributed by atoms with Crippen molar-refractivity contribution in [1.29, 1.82) is 0 Å². The number of hydrogen-bond donors (Lipinski definition) is 7. The van der Waals surface area contributed by atoms with Crippen LogP contribution in [0.5, 0.6) is 0 Å². The molecule has 6 atom stereocenters. The quantitative estimate of drug-likeness (QED) is 0.0226. The van der Waals surface area contributed by atoms with Crippen LogP contribution in [-0.4, -0.2) is 158 Å². The Morgan fingerprint density at radius 1 is 0.578 bits per heavy atom. The molecule has 22 nitrogen and oxygen atoms in total. The lowest BCUT2D eigenvalue weighted by Crippen LogP contribution is -2.65. The second-order valence-electron chi connectivity index (χ2n) is 23.7. The number of nitrogens with zero attached hydrogens (tertiary/aromatic N) is 1. The highest BCUT2D eigenvalue weighted by atomic mass is 16.6. The van der Waals surface area contributed by atoms with Crippen LogP contribution in [0.4, 0.5) is 9.59 Å². The number of rotatable bonds is 37. The van der Waals surface area contributed by atoms with Crippen molar-refractivity contribution in [2.45, 2.75) is 148 Å². The van der Waals surface area contributed by atoms with Crippen molar-refractivity contribution in [3.05, 3.63) is 144 Å². The molecule has 3 unspecified atom stereocenters. The molecule has 22 heteroatoms. The van der Waals surface area contributed by atoms with Gasteiger partial charge in [-0.15, -0.1) is 0 Å². The summed E-state index contributed by atoms with van der Waals surface area (Å²) in [6.45, 7) is 10.2. The summed E-state index contributed by atoms with van der Waals surface area (Å²) < 4.78 is 16.2. The number of carbonyl (C=O) groups is 10. The molecule has 4 aromatic carbocycles. The van der Waals surface area contributed by atoms with Gasteiger partial charge in [0.1, 0.15) is 35.4 Å². The number of nitrogens with one attached hydrogen (secondary N) is 7. The molecule has 5 rings (SSSR count). The van der Waals surface area contributed by atoms with E-state index in [2.05, 4.69) is 37.2 Å². The number of alkyl carbamates (subject to hydrolysis) is 2. The van der Waals surface area contributed by atoms with E-state index in [0.717, 1.165) is 24.8 Å². The molecule has 0 aliphatic carbocycles. The monoisotopic (exact) mass is 1240 g/mol. The first kappa shape index (κ1) is 72.1. The molecular formula is C68H89N8O14. The van der Waals surface area contributed by atoms with Gasteiger partial charge < -0.3 is 51.4 Å². The summed E-state index contributed by atoms with van der Waals surface area (Å²) in [4.78, 5) is 158. The Kier molecular flexibility index (Phi) is 30.0. The van der Waals surface area contributed by atoms with E-state index in [1.54, 1.807) is 132 Å². The van der Waals surface area contributed by atoms with Crippen molar-refractivity contribution < 1.29 is 67.0 Å². The van der Waals surface area contributed by atoms with Gasteiger partial charge in [-0.1, -0.05) is 148 Å². The Bertz CT molecular complexity index is 2980. The fourth-order valence-corrected chi connectivity index (χ4v) is 10.1. The molecule has 4 aromatic rings. The number of morpholine rings is 1. The maximum absolute atomic E-state index is 15.5. The van der Waals surface area contributed by atoms with Crippen molar-refractivity contribution in [3.63, 3.8) is 0 Å². The minimum Gasteiger partial charge on any atom is -0.447 e. The first-order valence-electron chi connectivity index (χ1n) is 30.9. The largest absolute Gasteiger partial charge is 0.447 e. The Hall–Kier alpha value is -8.63. The van der Waals surface area contributed by atoms with Crippen molar-refractivity contribution in [1.82, 2.24) is 42.1 Å². The van der Waals surface area contributed by atoms with Crippen LogP contribution >= 0.6 is 0 Å². The summed E-state index contributed by atoms with van der Waals surface area (Å²) >= 11 is 0. The van der Waals surface area contributed by atoms with Gasteiger partial charge in [0.15, 0.2) is 17.1 Å². The first-order valence-corrected chi connectivity index (χ1v) is 30.9. The van der Waals surface area contributed by atoms with Gasteiger partial charge in [-0.25, -0.2) is 9.59 Å². The smallest absolute Gasteiger partial charge is 0.408 e. The fraction of sp³-hybridized carbons (Fsp3) is 0.485. The van der Waals surface area contributed by atoms with E-state index in [0.29, 0.717) is 55.8 Å². The van der Waals surface area contributed by atoms with E-state index < -0.39 is 145 Å². The molecule has 7 N–H and O–H groups in total. The van der Waals surface area contributed by atoms with Gasteiger partial charge in [0, 0.05) is 77.2 Å². The summed E-state index contributed by atoms with van der Waals surface area (Å²) in [5.41, 5.74) is -1.20. The van der Waals surface area contributed by atoms with Crippen molar-refractivity contribution in [2.24, 2.45) is 11.8 Å². The number of hydrogen-bond acceptors (Lipinski definition) is 15. The third-order valence-electron chi connectivity index (χ3n) is 14.8. The molecule has 1 heterocycles. The summed E-state index contributed by atoms with van der Waals surface area (Å²) in [6, 6.07) is 31.3. The van der Waals surface area contributed by atoms with E-state index >= 15 is 14.4 Å². The zero-order valence-corrected chi connectivity index (χ0v) is 52.6. The molecule has 1 aliphatic heterocycles. The van der Waals surface area contributed by atoms with Gasteiger partial charge in [-0.05, 0) is 69.7 Å². The average molecular weight is 1240 g/mol. The minimum absolute atomic E-state index is 0.0270. The second-order valence-corrected chi connectivity index (χ2v) is 23.7. The second kappa shape index (κ2) is 37.4. The highest BCUT2D eigenvalue weighted by Gasteiger charge is 2.49. The topological polar surface area (TPSA) is 303 Å². The highest BCUT2D eigenvalue weighted by molar-refractivity contribution is 6.17. The predicted molar refractivity (Wildman–Crippen MR) is 337 cm³/mol. The first-order chi connectivity index (χ1) is 43.1. The number of ketones is 3. The zero-order chi connectivity index (χ0) is 65.5. The number of carbonyl (C=O) groups excluding carboxylic acids is 11. The maximum Gasteiger partial charge on any atom is 0.408 e. The molecule has 0 aromatic heterocycles. The van der Waals surface area contributed by atoms with Crippen LogP contribution in [0, 0.1) is 11.8 Å². The van der Waals surface area contributed by atoms with Crippen LogP contribution in [0.2, 0.25) is 0 Å². The molecular weight excluding hydrogens is 1150 g/mol. The summed E-state index contributed by atoms with van der Waals surface area (Å²) in [7, 11) is 0. The van der Waals surface area contributed by atoms with Crippen molar-refractivity contribution in [2.75, 3.05) is 52.5 Å². The van der Waals surface area contributed by atoms with Crippen molar-refractivity contribution in [3.8, 4) is 0 Å².